The monoisotopic (exact) mass is 240 g/mol. The Morgan fingerprint density at radius 1 is 1.30 bits per heavy atom. The van der Waals surface area contributed by atoms with Crippen LogP contribution in [0.5, 0.6) is 0 Å². The van der Waals surface area contributed by atoms with Crippen LogP contribution in [-0.4, -0.2) is 24.7 Å². The van der Waals surface area contributed by atoms with Crippen molar-refractivity contribution in [2.45, 2.75) is 11.4 Å². The molecule has 0 aliphatic carbocycles. The zero-order valence-electron chi connectivity index (χ0n) is 6.25. The van der Waals surface area contributed by atoms with Crippen LogP contribution >= 0.6 is 0 Å². The van der Waals surface area contributed by atoms with E-state index in [0.717, 1.165) is 0 Å². The van der Waals surface area contributed by atoms with E-state index in [9.17, 15) is 0 Å². The van der Waals surface area contributed by atoms with Crippen molar-refractivity contribution in [2.24, 2.45) is 0 Å². The standard InChI is InChI=1S/C7H7.C2H4.Sn.H/c1-7-5-3-2-4-6-7;1-2;;/h2-6H,1H2;1H,2H3;;. The summed E-state index contributed by atoms with van der Waals surface area (Å²) in [5.41, 5.74) is 1.52. The summed E-state index contributed by atoms with van der Waals surface area (Å²) in [7, 11) is 0. The maximum atomic E-state index is 2.39. The summed E-state index contributed by atoms with van der Waals surface area (Å²) in [6.45, 7) is 2.18. The molecule has 0 fully saturated rings. The van der Waals surface area contributed by atoms with E-state index in [1.807, 2.05) is 0 Å². The second kappa shape index (κ2) is 4.67. The Morgan fingerprint density at radius 2 is 2.00 bits per heavy atom. The van der Waals surface area contributed by atoms with Gasteiger partial charge < -0.3 is 0 Å². The molecule has 0 aromatic heterocycles. The Hall–Kier alpha value is -0.111. The predicted octanol–water partition coefficient (Wildman–Crippen LogP) is 1.45. The molecule has 0 atom stereocenters. The molecule has 0 saturated heterocycles. The first-order valence-electron chi connectivity index (χ1n) is 3.58. The maximum absolute atomic E-state index is 2.39. The van der Waals surface area contributed by atoms with Crippen molar-refractivity contribution in [3.05, 3.63) is 35.9 Å². The first-order valence-corrected chi connectivity index (χ1v) is 7.82. The van der Waals surface area contributed by atoms with Crippen LogP contribution < -0.4 is 0 Å². The summed E-state index contributed by atoms with van der Waals surface area (Å²) in [6, 6.07) is 10.7. The van der Waals surface area contributed by atoms with Crippen molar-refractivity contribution >= 4 is 24.7 Å². The van der Waals surface area contributed by atoms with Gasteiger partial charge >= 0.3 is 71.9 Å². The van der Waals surface area contributed by atoms with Gasteiger partial charge in [-0.15, -0.1) is 0 Å². The SMILES string of the molecule is C[CH]=[SnH][CH2]c1ccccc1. The molecule has 0 spiro atoms. The molecule has 10 heavy (non-hydrogen) atoms. The van der Waals surface area contributed by atoms with E-state index in [0.29, 0.717) is 0 Å². The van der Waals surface area contributed by atoms with Crippen LogP contribution in [-0.2, 0) is 4.44 Å². The molecular weight excluding hydrogens is 227 g/mol. The molecule has 0 N–H and O–H groups in total. The van der Waals surface area contributed by atoms with Crippen LogP contribution in [0.15, 0.2) is 30.3 Å². The van der Waals surface area contributed by atoms with Gasteiger partial charge in [0.2, 0.25) is 0 Å². The average Bonchev–Trinajstić information content (AvgIpc) is 2.03. The molecule has 0 unspecified atom stereocenters. The van der Waals surface area contributed by atoms with Crippen molar-refractivity contribution in [2.75, 3.05) is 0 Å². The topological polar surface area (TPSA) is 0 Å². The molecule has 0 bridgehead atoms. The van der Waals surface area contributed by atoms with Crippen LogP contribution in [0.2, 0.25) is 0 Å². The first-order chi connectivity index (χ1) is 4.93. The molecule has 1 rings (SSSR count). The molecule has 0 amide bonds. The van der Waals surface area contributed by atoms with Gasteiger partial charge in [-0.05, 0) is 0 Å². The van der Waals surface area contributed by atoms with E-state index in [4.69, 9.17) is 0 Å². The summed E-state index contributed by atoms with van der Waals surface area (Å²) in [4.78, 5) is 0. The molecule has 0 saturated carbocycles. The average molecular weight is 239 g/mol. The van der Waals surface area contributed by atoms with Gasteiger partial charge in [0.1, 0.15) is 0 Å². The zero-order valence-corrected chi connectivity index (χ0v) is 9.54. The van der Waals surface area contributed by atoms with E-state index < -0.39 is 0 Å². The van der Waals surface area contributed by atoms with Crippen molar-refractivity contribution in [3.63, 3.8) is 0 Å². The van der Waals surface area contributed by atoms with Gasteiger partial charge in [0.15, 0.2) is 0 Å². The Labute approximate surface area is 72.0 Å². The van der Waals surface area contributed by atoms with Gasteiger partial charge in [-0.25, -0.2) is 0 Å². The molecule has 0 aliphatic heterocycles. The van der Waals surface area contributed by atoms with Crippen LogP contribution in [0.3, 0.4) is 0 Å². The van der Waals surface area contributed by atoms with Crippen molar-refractivity contribution in [3.8, 4) is 0 Å². The number of hydrogen-bond donors (Lipinski definition) is 0. The molecular formula is C9H12Sn. The van der Waals surface area contributed by atoms with Crippen LogP contribution in [0.4, 0.5) is 0 Å². The fraction of sp³-hybridized carbons (Fsp3) is 0.222. The summed E-state index contributed by atoms with van der Waals surface area (Å²) in [5, 5.41) is 0. The van der Waals surface area contributed by atoms with Gasteiger partial charge in [0.25, 0.3) is 0 Å². The molecule has 0 nitrogen and oxygen atoms in total. The normalized spacial score (nSPS) is 10.5. The molecule has 0 heterocycles. The molecule has 0 radical (unpaired) electrons. The van der Waals surface area contributed by atoms with Crippen molar-refractivity contribution in [1.82, 2.24) is 0 Å². The van der Waals surface area contributed by atoms with Crippen LogP contribution in [0.1, 0.15) is 12.5 Å². The van der Waals surface area contributed by atoms with Crippen molar-refractivity contribution < 1.29 is 0 Å². The third-order valence-electron chi connectivity index (χ3n) is 1.43. The summed E-state index contributed by atoms with van der Waals surface area (Å²) in [6.07, 6.45) is 0. The quantitative estimate of drug-likeness (QED) is 0.685. The van der Waals surface area contributed by atoms with Gasteiger partial charge in [-0.1, -0.05) is 0 Å². The number of benzene rings is 1. The summed E-state index contributed by atoms with van der Waals surface area (Å²) < 4.78 is 3.76. The van der Waals surface area contributed by atoms with E-state index in [-0.39, 0.29) is 20.7 Å². The van der Waals surface area contributed by atoms with Gasteiger partial charge in [0.05, 0.1) is 0 Å². The molecule has 1 heteroatoms. The Bertz CT molecular complexity index is 201. The van der Waals surface area contributed by atoms with Gasteiger partial charge in [-0.3, -0.25) is 0 Å². The van der Waals surface area contributed by atoms with Crippen molar-refractivity contribution in [1.29, 1.82) is 0 Å². The number of rotatable bonds is 2. The Balaban J connectivity index is 2.59. The molecule has 1 aromatic rings. The Morgan fingerprint density at radius 3 is 2.60 bits per heavy atom. The van der Waals surface area contributed by atoms with E-state index in [1.165, 1.54) is 10.0 Å². The molecule has 52 valence electrons. The third-order valence-corrected chi connectivity index (χ3v) is 4.80. The summed E-state index contributed by atoms with van der Waals surface area (Å²) in [5.74, 6) is 0. The second-order valence-electron chi connectivity index (χ2n) is 2.26. The van der Waals surface area contributed by atoms with E-state index in [1.54, 1.807) is 0 Å². The Kier molecular flexibility index (Phi) is 3.73. The van der Waals surface area contributed by atoms with Crippen LogP contribution in [0.25, 0.3) is 0 Å². The first kappa shape index (κ1) is 7.99. The second-order valence-corrected chi connectivity index (χ2v) is 6.67. The van der Waals surface area contributed by atoms with Gasteiger partial charge in [-0.2, -0.15) is 0 Å². The third kappa shape index (κ3) is 2.65. The van der Waals surface area contributed by atoms with E-state index in [2.05, 4.69) is 41.3 Å². The van der Waals surface area contributed by atoms with Crippen LogP contribution in [0, 0.1) is 0 Å². The fourth-order valence-corrected chi connectivity index (χ4v) is 3.09. The fourth-order valence-electron chi connectivity index (χ4n) is 0.868. The summed E-state index contributed by atoms with van der Waals surface area (Å²) >= 11 is -0.301. The number of hydrogen-bond acceptors (Lipinski definition) is 0. The predicted molar refractivity (Wildman–Crippen MR) is 49.0 cm³/mol. The van der Waals surface area contributed by atoms with Gasteiger partial charge in [0, 0.05) is 0 Å². The minimum atomic E-state index is -0.301. The van der Waals surface area contributed by atoms with E-state index >= 15 is 0 Å². The molecule has 1 aromatic carbocycles. The zero-order chi connectivity index (χ0) is 7.23. The molecule has 0 aliphatic rings. The minimum absolute atomic E-state index is 0.301.